The number of hydrogen-bond donors (Lipinski definition) is 2. The first-order valence-electron chi connectivity index (χ1n) is 7.97. The number of hydrogen-bond acceptors (Lipinski definition) is 5. The van der Waals surface area contributed by atoms with Crippen LogP contribution in [0.15, 0.2) is 29.1 Å². The van der Waals surface area contributed by atoms with Gasteiger partial charge in [0.15, 0.2) is 5.69 Å². The zero-order chi connectivity index (χ0) is 18.8. The standard InChI is InChI=1S/C17H17FN4O4/c1-10(23)21-6-7-22-13(9-21)20-14(15(24)17(22)26)16(25)19-8-11-2-4-12(18)5-3-11/h2-5,24H,6-9H2,1H3,(H,19,25). The van der Waals surface area contributed by atoms with E-state index >= 15 is 0 Å². The van der Waals surface area contributed by atoms with Gasteiger partial charge < -0.3 is 15.3 Å². The monoisotopic (exact) mass is 360 g/mol. The number of carbonyl (C=O) groups is 2. The zero-order valence-electron chi connectivity index (χ0n) is 14.0. The highest BCUT2D eigenvalue weighted by Crippen LogP contribution is 2.15. The summed E-state index contributed by atoms with van der Waals surface area (Å²) in [5.41, 5.74) is -0.462. The van der Waals surface area contributed by atoms with Crippen molar-refractivity contribution in [2.24, 2.45) is 0 Å². The number of amides is 2. The fourth-order valence-electron chi connectivity index (χ4n) is 2.71. The smallest absolute Gasteiger partial charge is 0.296 e. The highest BCUT2D eigenvalue weighted by Gasteiger charge is 2.26. The van der Waals surface area contributed by atoms with Crippen LogP contribution < -0.4 is 10.9 Å². The maximum absolute atomic E-state index is 12.9. The lowest BCUT2D eigenvalue weighted by Crippen LogP contribution is -2.43. The molecule has 0 unspecified atom stereocenters. The molecule has 2 N–H and O–H groups in total. The minimum Gasteiger partial charge on any atom is -0.501 e. The molecule has 0 radical (unpaired) electrons. The maximum atomic E-state index is 12.9. The van der Waals surface area contributed by atoms with E-state index < -0.39 is 28.7 Å². The van der Waals surface area contributed by atoms with Crippen molar-refractivity contribution in [1.82, 2.24) is 19.8 Å². The van der Waals surface area contributed by atoms with E-state index in [-0.39, 0.29) is 31.4 Å². The lowest BCUT2D eigenvalue weighted by Gasteiger charge is -2.28. The van der Waals surface area contributed by atoms with Gasteiger partial charge in [-0.25, -0.2) is 9.37 Å². The molecule has 2 heterocycles. The minimum atomic E-state index is -0.735. The molecule has 0 spiro atoms. The van der Waals surface area contributed by atoms with Crippen LogP contribution in [0, 0.1) is 5.82 Å². The van der Waals surface area contributed by atoms with E-state index in [0.717, 1.165) is 0 Å². The van der Waals surface area contributed by atoms with Gasteiger partial charge in [0.1, 0.15) is 11.6 Å². The number of carbonyl (C=O) groups excluding carboxylic acids is 2. The van der Waals surface area contributed by atoms with E-state index in [0.29, 0.717) is 12.1 Å². The van der Waals surface area contributed by atoms with Gasteiger partial charge in [0.2, 0.25) is 11.7 Å². The summed E-state index contributed by atoms with van der Waals surface area (Å²) in [5, 5.41) is 12.6. The molecule has 0 atom stereocenters. The molecular formula is C17H17FN4O4. The summed E-state index contributed by atoms with van der Waals surface area (Å²) in [6.07, 6.45) is 0. The van der Waals surface area contributed by atoms with Crippen molar-refractivity contribution in [3.8, 4) is 5.75 Å². The van der Waals surface area contributed by atoms with E-state index in [1.54, 1.807) is 0 Å². The second-order valence-electron chi connectivity index (χ2n) is 5.93. The summed E-state index contributed by atoms with van der Waals surface area (Å²) in [5.74, 6) is -1.78. The highest BCUT2D eigenvalue weighted by molar-refractivity contribution is 5.94. The van der Waals surface area contributed by atoms with E-state index in [4.69, 9.17) is 0 Å². The Hall–Kier alpha value is -3.23. The Morgan fingerprint density at radius 3 is 2.62 bits per heavy atom. The van der Waals surface area contributed by atoms with E-state index in [1.165, 1.54) is 40.7 Å². The molecule has 0 fully saturated rings. The normalized spacial score (nSPS) is 13.2. The molecule has 1 aromatic carbocycles. The summed E-state index contributed by atoms with van der Waals surface area (Å²) in [7, 11) is 0. The van der Waals surface area contributed by atoms with Gasteiger partial charge in [-0.1, -0.05) is 12.1 Å². The third-order valence-corrected chi connectivity index (χ3v) is 4.18. The number of aromatic nitrogens is 2. The number of aromatic hydroxyl groups is 1. The van der Waals surface area contributed by atoms with Gasteiger partial charge in [-0.15, -0.1) is 0 Å². The van der Waals surface area contributed by atoms with Crippen molar-refractivity contribution in [3.63, 3.8) is 0 Å². The molecule has 0 saturated carbocycles. The van der Waals surface area contributed by atoms with Crippen molar-refractivity contribution in [1.29, 1.82) is 0 Å². The van der Waals surface area contributed by atoms with Gasteiger partial charge in [-0.3, -0.25) is 19.0 Å². The molecule has 0 aliphatic carbocycles. The summed E-state index contributed by atoms with van der Waals surface area (Å²) >= 11 is 0. The Balaban J connectivity index is 1.83. The Morgan fingerprint density at radius 2 is 1.96 bits per heavy atom. The van der Waals surface area contributed by atoms with Crippen LogP contribution in [0.3, 0.4) is 0 Å². The Labute approximate surface area is 147 Å². The molecule has 26 heavy (non-hydrogen) atoms. The molecule has 3 rings (SSSR count). The zero-order valence-corrected chi connectivity index (χ0v) is 14.0. The average Bonchev–Trinajstić information content (AvgIpc) is 2.63. The second kappa shape index (κ2) is 6.95. The van der Waals surface area contributed by atoms with Crippen molar-refractivity contribution < 1.29 is 19.1 Å². The Bertz CT molecular complexity index is 924. The number of fused-ring (bicyclic) bond motifs is 1. The number of rotatable bonds is 3. The van der Waals surface area contributed by atoms with E-state index in [1.807, 2.05) is 0 Å². The van der Waals surface area contributed by atoms with Gasteiger partial charge in [-0.05, 0) is 17.7 Å². The molecule has 0 saturated heterocycles. The van der Waals surface area contributed by atoms with Gasteiger partial charge in [0, 0.05) is 26.6 Å². The van der Waals surface area contributed by atoms with Crippen molar-refractivity contribution in [2.45, 2.75) is 26.6 Å². The predicted molar refractivity (Wildman–Crippen MR) is 88.8 cm³/mol. The van der Waals surface area contributed by atoms with Gasteiger partial charge in [-0.2, -0.15) is 0 Å². The van der Waals surface area contributed by atoms with Gasteiger partial charge >= 0.3 is 0 Å². The first-order chi connectivity index (χ1) is 12.4. The van der Waals surface area contributed by atoms with Crippen LogP contribution in [0.25, 0.3) is 0 Å². The largest absolute Gasteiger partial charge is 0.501 e. The van der Waals surface area contributed by atoms with Crippen LogP contribution in [0.5, 0.6) is 5.75 Å². The summed E-state index contributed by atoms with van der Waals surface area (Å²) in [6.45, 7) is 2.11. The van der Waals surface area contributed by atoms with Crippen LogP contribution in [-0.2, 0) is 24.4 Å². The van der Waals surface area contributed by atoms with Gasteiger partial charge in [0.25, 0.3) is 11.5 Å². The molecule has 2 aromatic rings. The Morgan fingerprint density at radius 1 is 1.27 bits per heavy atom. The molecule has 9 heteroatoms. The predicted octanol–water partition coefficient (Wildman–Crippen LogP) is 0.380. The summed E-state index contributed by atoms with van der Waals surface area (Å²) in [6, 6.07) is 5.54. The molecule has 2 amide bonds. The average molecular weight is 360 g/mol. The van der Waals surface area contributed by atoms with Crippen LogP contribution in [-0.4, -0.2) is 37.9 Å². The molecule has 1 aliphatic rings. The first-order valence-corrected chi connectivity index (χ1v) is 7.97. The molecule has 0 bridgehead atoms. The lowest BCUT2D eigenvalue weighted by molar-refractivity contribution is -0.130. The number of nitrogens with one attached hydrogen (secondary N) is 1. The third kappa shape index (κ3) is 3.41. The summed E-state index contributed by atoms with van der Waals surface area (Å²) < 4.78 is 14.2. The highest BCUT2D eigenvalue weighted by atomic mass is 19.1. The first kappa shape index (κ1) is 17.6. The van der Waals surface area contributed by atoms with Crippen molar-refractivity contribution >= 4 is 11.8 Å². The molecule has 8 nitrogen and oxygen atoms in total. The molecule has 1 aliphatic heterocycles. The summed E-state index contributed by atoms with van der Waals surface area (Å²) in [4.78, 5) is 41.7. The fourth-order valence-corrected chi connectivity index (χ4v) is 2.71. The number of nitrogens with zero attached hydrogens (tertiary/aromatic N) is 3. The van der Waals surface area contributed by atoms with E-state index in [2.05, 4.69) is 10.3 Å². The quantitative estimate of drug-likeness (QED) is 0.823. The molecule has 136 valence electrons. The minimum absolute atomic E-state index is 0.0816. The fraction of sp³-hybridized carbons (Fsp3) is 0.294. The van der Waals surface area contributed by atoms with Gasteiger partial charge in [0.05, 0.1) is 6.54 Å². The third-order valence-electron chi connectivity index (χ3n) is 4.18. The number of halogens is 1. The molecular weight excluding hydrogens is 343 g/mol. The lowest BCUT2D eigenvalue weighted by atomic mass is 10.2. The van der Waals surface area contributed by atoms with Crippen LogP contribution in [0.2, 0.25) is 0 Å². The van der Waals surface area contributed by atoms with Crippen LogP contribution in [0.1, 0.15) is 28.8 Å². The second-order valence-corrected chi connectivity index (χ2v) is 5.93. The SMILES string of the molecule is CC(=O)N1CCn2c(nc(C(=O)NCc3ccc(F)cc3)c(O)c2=O)C1. The van der Waals surface area contributed by atoms with Crippen molar-refractivity contribution in [3.05, 3.63) is 57.5 Å². The van der Waals surface area contributed by atoms with Crippen molar-refractivity contribution in [2.75, 3.05) is 6.54 Å². The topological polar surface area (TPSA) is 105 Å². The number of benzene rings is 1. The molecule has 1 aromatic heterocycles. The maximum Gasteiger partial charge on any atom is 0.296 e. The van der Waals surface area contributed by atoms with E-state index in [9.17, 15) is 23.9 Å². The Kier molecular flexibility index (Phi) is 4.70. The van der Waals surface area contributed by atoms with Crippen LogP contribution >= 0.6 is 0 Å². The van der Waals surface area contributed by atoms with Crippen LogP contribution in [0.4, 0.5) is 4.39 Å².